The molecule has 0 unspecified atom stereocenters. The van der Waals surface area contributed by atoms with Crippen molar-refractivity contribution in [2.24, 2.45) is 11.6 Å². The SMILES string of the molecule is NNC(=O)c1cc2c(N)c(C(N)=O)cnn2c1. The standard InChI is InChI=1S/C9H10N6O2/c10-7-5(8(11)16)2-13-15-3-4(1-6(7)15)9(17)14-12/h1-3H,10,12H2,(H2,11,16)(H,14,17). The second kappa shape index (κ2) is 3.76. The predicted molar refractivity (Wildman–Crippen MR) is 59.8 cm³/mol. The highest BCUT2D eigenvalue weighted by Gasteiger charge is 2.14. The first kappa shape index (κ1) is 10.9. The van der Waals surface area contributed by atoms with Crippen LogP contribution in [0.5, 0.6) is 0 Å². The summed E-state index contributed by atoms with van der Waals surface area (Å²) in [5.41, 5.74) is 13.8. The van der Waals surface area contributed by atoms with Crippen molar-refractivity contribution in [1.29, 1.82) is 0 Å². The molecule has 7 N–H and O–H groups in total. The predicted octanol–water partition coefficient (Wildman–Crippen LogP) is -1.38. The molecule has 0 aliphatic carbocycles. The molecule has 0 spiro atoms. The highest BCUT2D eigenvalue weighted by Crippen LogP contribution is 2.19. The van der Waals surface area contributed by atoms with Crippen molar-refractivity contribution in [2.45, 2.75) is 0 Å². The van der Waals surface area contributed by atoms with Crippen LogP contribution in [0.1, 0.15) is 20.7 Å². The van der Waals surface area contributed by atoms with Gasteiger partial charge >= 0.3 is 0 Å². The van der Waals surface area contributed by atoms with Crippen LogP contribution in [0, 0.1) is 0 Å². The number of carbonyl (C=O) groups excluding carboxylic acids is 2. The van der Waals surface area contributed by atoms with Crippen molar-refractivity contribution in [3.05, 3.63) is 29.6 Å². The van der Waals surface area contributed by atoms with Gasteiger partial charge in [-0.3, -0.25) is 15.0 Å². The van der Waals surface area contributed by atoms with Gasteiger partial charge in [-0.05, 0) is 6.07 Å². The van der Waals surface area contributed by atoms with Gasteiger partial charge in [-0.1, -0.05) is 0 Å². The average Bonchev–Trinajstić information content (AvgIpc) is 2.72. The van der Waals surface area contributed by atoms with Crippen LogP contribution in [-0.4, -0.2) is 21.4 Å². The maximum atomic E-state index is 11.3. The molecule has 0 saturated heterocycles. The van der Waals surface area contributed by atoms with Crippen molar-refractivity contribution >= 4 is 23.0 Å². The fourth-order valence-electron chi connectivity index (χ4n) is 1.48. The van der Waals surface area contributed by atoms with Crippen LogP contribution in [0.2, 0.25) is 0 Å². The topological polar surface area (TPSA) is 142 Å². The Kier molecular flexibility index (Phi) is 2.41. The van der Waals surface area contributed by atoms with E-state index in [4.69, 9.17) is 17.3 Å². The van der Waals surface area contributed by atoms with E-state index in [2.05, 4.69) is 5.10 Å². The molecule has 8 nitrogen and oxygen atoms in total. The zero-order valence-electron chi connectivity index (χ0n) is 8.68. The van der Waals surface area contributed by atoms with Crippen molar-refractivity contribution < 1.29 is 9.59 Å². The minimum absolute atomic E-state index is 0.107. The van der Waals surface area contributed by atoms with Crippen molar-refractivity contribution in [2.75, 3.05) is 5.73 Å². The molecule has 0 atom stereocenters. The molecule has 8 heteroatoms. The number of aromatic nitrogens is 2. The van der Waals surface area contributed by atoms with E-state index < -0.39 is 11.8 Å². The number of fused-ring (bicyclic) bond motifs is 1. The molecule has 0 radical (unpaired) electrons. The van der Waals surface area contributed by atoms with Crippen LogP contribution in [0.3, 0.4) is 0 Å². The largest absolute Gasteiger partial charge is 0.396 e. The van der Waals surface area contributed by atoms with E-state index in [0.29, 0.717) is 5.52 Å². The summed E-state index contributed by atoms with van der Waals surface area (Å²) in [4.78, 5) is 22.4. The molecule has 0 saturated carbocycles. The first-order chi connectivity index (χ1) is 8.04. The van der Waals surface area contributed by atoms with E-state index >= 15 is 0 Å². The highest BCUT2D eigenvalue weighted by atomic mass is 16.2. The molecular weight excluding hydrogens is 224 g/mol. The van der Waals surface area contributed by atoms with Gasteiger partial charge in [0.05, 0.1) is 28.5 Å². The molecule has 2 amide bonds. The molecule has 2 rings (SSSR count). The number of nitrogens with two attached hydrogens (primary N) is 3. The van der Waals surface area contributed by atoms with Crippen LogP contribution in [-0.2, 0) is 0 Å². The Labute approximate surface area is 95.3 Å². The number of carbonyl (C=O) groups is 2. The lowest BCUT2D eigenvalue weighted by Crippen LogP contribution is -2.29. The smallest absolute Gasteiger partial charge is 0.266 e. The quantitative estimate of drug-likeness (QED) is 0.288. The summed E-state index contributed by atoms with van der Waals surface area (Å²) < 4.78 is 1.37. The lowest BCUT2D eigenvalue weighted by Gasteiger charge is -2.02. The zero-order chi connectivity index (χ0) is 12.6. The van der Waals surface area contributed by atoms with Gasteiger partial charge in [0.15, 0.2) is 0 Å². The third kappa shape index (κ3) is 1.66. The number of nitrogens with zero attached hydrogens (tertiary/aromatic N) is 2. The van der Waals surface area contributed by atoms with Gasteiger partial charge in [0, 0.05) is 6.20 Å². The van der Waals surface area contributed by atoms with Crippen molar-refractivity contribution in [3.63, 3.8) is 0 Å². The van der Waals surface area contributed by atoms with Crippen LogP contribution >= 0.6 is 0 Å². The van der Waals surface area contributed by atoms with Crippen LogP contribution in [0.15, 0.2) is 18.5 Å². The lowest BCUT2D eigenvalue weighted by molar-refractivity contribution is 0.0952. The number of hydrogen-bond donors (Lipinski definition) is 4. The number of amides is 2. The lowest BCUT2D eigenvalue weighted by atomic mass is 10.2. The van der Waals surface area contributed by atoms with E-state index in [1.807, 2.05) is 5.43 Å². The number of primary amides is 1. The number of nitrogen functional groups attached to an aromatic ring is 2. The first-order valence-electron chi connectivity index (χ1n) is 4.62. The number of rotatable bonds is 2. The molecule has 0 aromatic carbocycles. The Bertz CT molecular complexity index is 617. The average molecular weight is 234 g/mol. The molecule has 0 fully saturated rings. The normalized spacial score (nSPS) is 10.4. The third-order valence-corrected chi connectivity index (χ3v) is 2.34. The molecule has 0 aliphatic heterocycles. The van der Waals surface area contributed by atoms with E-state index in [1.54, 1.807) is 0 Å². The second-order valence-electron chi connectivity index (χ2n) is 3.37. The van der Waals surface area contributed by atoms with E-state index in [9.17, 15) is 9.59 Å². The number of hydrazine groups is 1. The minimum Gasteiger partial charge on any atom is -0.396 e. The van der Waals surface area contributed by atoms with Gasteiger partial charge in [-0.2, -0.15) is 5.10 Å². The summed E-state index contributed by atoms with van der Waals surface area (Å²) in [7, 11) is 0. The summed E-state index contributed by atoms with van der Waals surface area (Å²) in [6, 6.07) is 1.47. The van der Waals surface area contributed by atoms with Gasteiger partial charge in [-0.15, -0.1) is 0 Å². The maximum absolute atomic E-state index is 11.3. The third-order valence-electron chi connectivity index (χ3n) is 2.34. The van der Waals surface area contributed by atoms with Gasteiger partial charge in [0.1, 0.15) is 0 Å². The first-order valence-corrected chi connectivity index (χ1v) is 4.62. The zero-order valence-corrected chi connectivity index (χ0v) is 8.68. The Morgan fingerprint density at radius 1 is 1.41 bits per heavy atom. The van der Waals surface area contributed by atoms with Gasteiger partial charge in [-0.25, -0.2) is 10.4 Å². The van der Waals surface area contributed by atoms with Crippen LogP contribution in [0.25, 0.3) is 5.52 Å². The van der Waals surface area contributed by atoms with Crippen LogP contribution in [0.4, 0.5) is 5.69 Å². The van der Waals surface area contributed by atoms with E-state index in [-0.39, 0.29) is 16.8 Å². The maximum Gasteiger partial charge on any atom is 0.266 e. The van der Waals surface area contributed by atoms with Crippen molar-refractivity contribution in [3.8, 4) is 0 Å². The molecule has 17 heavy (non-hydrogen) atoms. The Morgan fingerprint density at radius 2 is 2.12 bits per heavy atom. The van der Waals surface area contributed by atoms with Gasteiger partial charge < -0.3 is 11.5 Å². The molecule has 0 bridgehead atoms. The Morgan fingerprint density at radius 3 is 2.71 bits per heavy atom. The molecule has 2 aromatic rings. The van der Waals surface area contributed by atoms with E-state index in [0.717, 1.165) is 0 Å². The molecule has 2 heterocycles. The highest BCUT2D eigenvalue weighted by molar-refractivity contribution is 6.02. The van der Waals surface area contributed by atoms with Gasteiger partial charge in [0.2, 0.25) is 0 Å². The van der Waals surface area contributed by atoms with Crippen molar-refractivity contribution in [1.82, 2.24) is 15.0 Å². The van der Waals surface area contributed by atoms with E-state index in [1.165, 1.54) is 23.0 Å². The molecule has 2 aromatic heterocycles. The summed E-state index contributed by atoms with van der Waals surface area (Å²) in [6.45, 7) is 0. The van der Waals surface area contributed by atoms with Gasteiger partial charge in [0.25, 0.3) is 11.8 Å². The summed E-state index contributed by atoms with van der Waals surface area (Å²) in [6.07, 6.45) is 2.69. The second-order valence-corrected chi connectivity index (χ2v) is 3.37. The van der Waals surface area contributed by atoms with Crippen LogP contribution < -0.4 is 22.7 Å². The number of anilines is 1. The Hall–Kier alpha value is -2.61. The molecule has 88 valence electrons. The fourth-order valence-corrected chi connectivity index (χ4v) is 1.48. The monoisotopic (exact) mass is 234 g/mol. The summed E-state index contributed by atoms with van der Waals surface area (Å²) in [5.74, 6) is 3.85. The molecular formula is C9H10N6O2. The summed E-state index contributed by atoms with van der Waals surface area (Å²) in [5, 5.41) is 3.92. The Balaban J connectivity index is 2.66. The number of hydrogen-bond acceptors (Lipinski definition) is 5. The summed E-state index contributed by atoms with van der Waals surface area (Å²) >= 11 is 0. The fraction of sp³-hybridized carbons (Fsp3) is 0. The minimum atomic E-state index is -0.677. The molecule has 0 aliphatic rings. The number of nitrogens with one attached hydrogen (secondary N) is 1.